The zero-order valence-electron chi connectivity index (χ0n) is 20.4. The molecule has 4 rings (SSSR count). The summed E-state index contributed by atoms with van der Waals surface area (Å²) < 4.78 is 19.7. The van der Waals surface area contributed by atoms with Crippen molar-refractivity contribution in [1.82, 2.24) is 4.90 Å². The molecular formula is C30H31FN2O2. The Morgan fingerprint density at radius 3 is 2.09 bits per heavy atom. The van der Waals surface area contributed by atoms with Crippen molar-refractivity contribution in [3.05, 3.63) is 125 Å². The quantitative estimate of drug-likeness (QED) is 0.297. The zero-order valence-corrected chi connectivity index (χ0v) is 20.4. The molecule has 1 aromatic heterocycles. The summed E-state index contributed by atoms with van der Waals surface area (Å²) in [5.74, 6) is -0.142. The van der Waals surface area contributed by atoms with Gasteiger partial charge in [0.15, 0.2) is 5.76 Å². The van der Waals surface area contributed by atoms with Gasteiger partial charge in [-0.15, -0.1) is 0 Å². The molecular weight excluding hydrogens is 439 g/mol. The molecule has 0 aliphatic carbocycles. The molecule has 0 unspecified atom stereocenters. The molecule has 180 valence electrons. The third-order valence-corrected chi connectivity index (χ3v) is 5.86. The van der Waals surface area contributed by atoms with E-state index in [1.54, 1.807) is 24.3 Å². The molecule has 3 aromatic carbocycles. The van der Waals surface area contributed by atoms with Crippen molar-refractivity contribution in [1.29, 1.82) is 0 Å². The zero-order chi connectivity index (χ0) is 24.8. The van der Waals surface area contributed by atoms with Crippen LogP contribution in [0.25, 0.3) is 0 Å². The Bertz CT molecular complexity index is 1260. The molecule has 0 aliphatic rings. The van der Waals surface area contributed by atoms with Gasteiger partial charge in [0.25, 0.3) is 5.91 Å². The molecule has 0 saturated heterocycles. The second-order valence-corrected chi connectivity index (χ2v) is 9.78. The fourth-order valence-electron chi connectivity index (χ4n) is 3.93. The molecule has 35 heavy (non-hydrogen) atoms. The van der Waals surface area contributed by atoms with Gasteiger partial charge in [-0.25, -0.2) is 4.39 Å². The van der Waals surface area contributed by atoms with E-state index in [9.17, 15) is 9.18 Å². The molecule has 1 N–H and O–H groups in total. The number of para-hydroxylation sites is 1. The summed E-state index contributed by atoms with van der Waals surface area (Å²) in [6.07, 6.45) is 0. The fourth-order valence-corrected chi connectivity index (χ4v) is 3.93. The lowest BCUT2D eigenvalue weighted by molar-refractivity contribution is 0.0991. The minimum absolute atomic E-state index is 0.107. The number of carbonyl (C=O) groups excluding carboxylic acids is 1. The van der Waals surface area contributed by atoms with Gasteiger partial charge < -0.3 is 9.73 Å². The highest BCUT2D eigenvalue weighted by atomic mass is 19.1. The number of hydrogen-bond donors (Lipinski definition) is 1. The number of nitrogens with one attached hydrogen (secondary N) is 1. The van der Waals surface area contributed by atoms with Crippen molar-refractivity contribution in [2.45, 2.75) is 45.8 Å². The van der Waals surface area contributed by atoms with Crippen molar-refractivity contribution in [3.63, 3.8) is 0 Å². The molecule has 0 bridgehead atoms. The van der Waals surface area contributed by atoms with Crippen molar-refractivity contribution in [2.24, 2.45) is 0 Å². The van der Waals surface area contributed by atoms with Gasteiger partial charge in [-0.05, 0) is 46.4 Å². The largest absolute Gasteiger partial charge is 0.455 e. The lowest BCUT2D eigenvalue weighted by atomic mass is 9.87. The van der Waals surface area contributed by atoms with Crippen LogP contribution in [-0.4, -0.2) is 10.8 Å². The molecule has 0 spiro atoms. The molecule has 1 heterocycles. The Balaban J connectivity index is 1.48. The monoisotopic (exact) mass is 470 g/mol. The minimum atomic E-state index is -0.487. The van der Waals surface area contributed by atoms with Crippen LogP contribution in [0.2, 0.25) is 0 Å². The van der Waals surface area contributed by atoms with Crippen LogP contribution in [0.4, 0.5) is 10.1 Å². The number of halogens is 1. The number of benzene rings is 3. The predicted octanol–water partition coefficient (Wildman–Crippen LogP) is 7.17. The standard InChI is InChI=1S/C30H31FN2O2/c1-30(2,3)24-15-13-23(14-16-24)20-33(19-22-9-5-4-6-10-22)21-25-17-18-28(35-25)29(34)32-27-12-8-7-11-26(27)31/h4-18H,19-21H2,1-3H3,(H,32,34). The van der Waals surface area contributed by atoms with Crippen molar-refractivity contribution in [3.8, 4) is 0 Å². The van der Waals surface area contributed by atoms with Crippen LogP contribution in [0.1, 0.15) is 53.8 Å². The first-order valence-electron chi connectivity index (χ1n) is 11.8. The van der Waals surface area contributed by atoms with E-state index in [1.165, 1.54) is 28.8 Å². The Labute approximate surface area is 206 Å². The minimum Gasteiger partial charge on any atom is -0.455 e. The molecule has 0 saturated carbocycles. The highest BCUT2D eigenvalue weighted by Gasteiger charge is 2.17. The van der Waals surface area contributed by atoms with Crippen molar-refractivity contribution < 1.29 is 13.6 Å². The van der Waals surface area contributed by atoms with Crippen LogP contribution in [0.3, 0.4) is 0 Å². The number of carbonyl (C=O) groups is 1. The Morgan fingerprint density at radius 2 is 1.43 bits per heavy atom. The summed E-state index contributed by atoms with van der Waals surface area (Å²) in [5, 5.41) is 2.57. The number of nitrogens with zero attached hydrogens (tertiary/aromatic N) is 1. The molecule has 1 amide bonds. The maximum atomic E-state index is 13.9. The van der Waals surface area contributed by atoms with Gasteiger partial charge in [0.05, 0.1) is 12.2 Å². The molecule has 0 atom stereocenters. The maximum absolute atomic E-state index is 13.9. The SMILES string of the molecule is CC(C)(C)c1ccc(CN(Cc2ccccc2)Cc2ccc(C(=O)Nc3ccccc3F)o2)cc1. The summed E-state index contributed by atoms with van der Waals surface area (Å²) in [4.78, 5) is 14.9. The second kappa shape index (κ2) is 10.7. The molecule has 0 fully saturated rings. The highest BCUT2D eigenvalue weighted by molar-refractivity contribution is 6.02. The van der Waals surface area contributed by atoms with Crippen molar-refractivity contribution in [2.75, 3.05) is 5.32 Å². The maximum Gasteiger partial charge on any atom is 0.291 e. The highest BCUT2D eigenvalue weighted by Crippen LogP contribution is 2.23. The first kappa shape index (κ1) is 24.4. The van der Waals surface area contributed by atoms with E-state index < -0.39 is 11.7 Å². The van der Waals surface area contributed by atoms with E-state index in [4.69, 9.17) is 4.42 Å². The van der Waals surface area contributed by atoms with E-state index in [2.05, 4.69) is 67.4 Å². The smallest absolute Gasteiger partial charge is 0.291 e. The van der Waals surface area contributed by atoms with Crippen LogP contribution in [0, 0.1) is 5.82 Å². The fraction of sp³-hybridized carbons (Fsp3) is 0.233. The normalized spacial score (nSPS) is 11.6. The molecule has 0 aliphatic heterocycles. The van der Waals surface area contributed by atoms with Gasteiger partial charge in [-0.2, -0.15) is 0 Å². The van der Waals surface area contributed by atoms with E-state index in [-0.39, 0.29) is 16.9 Å². The first-order valence-corrected chi connectivity index (χ1v) is 11.8. The number of amides is 1. The average Bonchev–Trinajstić information content (AvgIpc) is 3.30. The molecule has 5 heteroatoms. The Hall–Kier alpha value is -3.70. The third kappa shape index (κ3) is 6.67. The summed E-state index contributed by atoms with van der Waals surface area (Å²) in [7, 11) is 0. The Kier molecular flexibility index (Phi) is 7.47. The summed E-state index contributed by atoms with van der Waals surface area (Å²) in [5.41, 5.74) is 3.93. The number of furan rings is 1. The van der Waals surface area contributed by atoms with E-state index in [0.29, 0.717) is 12.3 Å². The number of hydrogen-bond acceptors (Lipinski definition) is 3. The molecule has 0 radical (unpaired) electrons. The number of rotatable bonds is 8. The van der Waals surface area contributed by atoms with Gasteiger partial charge >= 0.3 is 0 Å². The Morgan fingerprint density at radius 1 is 0.800 bits per heavy atom. The van der Waals surface area contributed by atoms with Crippen LogP contribution < -0.4 is 5.32 Å². The second-order valence-electron chi connectivity index (χ2n) is 9.78. The van der Waals surface area contributed by atoms with Gasteiger partial charge in [-0.1, -0.05) is 87.5 Å². The van der Waals surface area contributed by atoms with Crippen LogP contribution in [0.15, 0.2) is 95.4 Å². The van der Waals surface area contributed by atoms with Crippen molar-refractivity contribution >= 4 is 11.6 Å². The van der Waals surface area contributed by atoms with Gasteiger partial charge in [-0.3, -0.25) is 9.69 Å². The lowest BCUT2D eigenvalue weighted by Crippen LogP contribution is -2.22. The summed E-state index contributed by atoms with van der Waals surface area (Å²) in [6, 6.07) is 28.5. The summed E-state index contributed by atoms with van der Waals surface area (Å²) >= 11 is 0. The van der Waals surface area contributed by atoms with Crippen LogP contribution in [-0.2, 0) is 25.0 Å². The predicted molar refractivity (Wildman–Crippen MR) is 138 cm³/mol. The van der Waals surface area contributed by atoms with Crippen LogP contribution in [0.5, 0.6) is 0 Å². The van der Waals surface area contributed by atoms with E-state index in [0.717, 1.165) is 13.1 Å². The van der Waals surface area contributed by atoms with E-state index >= 15 is 0 Å². The van der Waals surface area contributed by atoms with Gasteiger partial charge in [0.1, 0.15) is 11.6 Å². The molecule has 4 nitrogen and oxygen atoms in total. The number of anilines is 1. The third-order valence-electron chi connectivity index (χ3n) is 5.86. The summed E-state index contributed by atoms with van der Waals surface area (Å²) in [6.45, 7) is 8.63. The first-order chi connectivity index (χ1) is 16.8. The topological polar surface area (TPSA) is 45.5 Å². The molecule has 4 aromatic rings. The van der Waals surface area contributed by atoms with Gasteiger partial charge in [0, 0.05) is 13.1 Å². The van der Waals surface area contributed by atoms with Crippen LogP contribution >= 0.6 is 0 Å². The lowest BCUT2D eigenvalue weighted by Gasteiger charge is -2.23. The van der Waals surface area contributed by atoms with E-state index in [1.807, 2.05) is 18.2 Å². The average molecular weight is 471 g/mol. The van der Waals surface area contributed by atoms with Gasteiger partial charge in [0.2, 0.25) is 0 Å².